The van der Waals surface area contributed by atoms with Crippen LogP contribution in [0.15, 0.2) is 79.0 Å². The number of carbonyl (C=O) groups excluding carboxylic acids is 1. The predicted molar refractivity (Wildman–Crippen MR) is 123 cm³/mol. The zero-order valence-corrected chi connectivity index (χ0v) is 17.0. The Bertz CT molecular complexity index is 1450. The predicted octanol–water partition coefficient (Wildman–Crippen LogP) is 5.15. The van der Waals surface area contributed by atoms with Gasteiger partial charge in [-0.3, -0.25) is 4.79 Å². The third-order valence-corrected chi connectivity index (χ3v) is 5.53. The summed E-state index contributed by atoms with van der Waals surface area (Å²) in [5.74, 6) is -0.540. The van der Waals surface area contributed by atoms with Crippen LogP contribution < -0.4 is 11.1 Å². The average molecular weight is 412 g/mol. The van der Waals surface area contributed by atoms with E-state index in [-0.39, 0.29) is 11.7 Å². The Labute approximate surface area is 178 Å². The van der Waals surface area contributed by atoms with Gasteiger partial charge in [-0.05, 0) is 66.2 Å². The van der Waals surface area contributed by atoms with Crippen molar-refractivity contribution in [3.8, 4) is 0 Å². The van der Waals surface area contributed by atoms with Crippen LogP contribution in [0.2, 0.25) is 0 Å². The smallest absolute Gasteiger partial charge is 0.272 e. The average Bonchev–Trinajstić information content (AvgIpc) is 3.28. The summed E-state index contributed by atoms with van der Waals surface area (Å²) in [5.41, 5.74) is 10.5. The molecule has 0 radical (unpaired) electrons. The molecular weight excluding hydrogens is 391 g/mol. The summed E-state index contributed by atoms with van der Waals surface area (Å²) in [6, 6.07) is 21.6. The molecule has 5 rings (SSSR count). The molecule has 0 saturated carbocycles. The lowest BCUT2D eigenvalue weighted by molar-refractivity contribution is 0.101. The highest BCUT2D eigenvalue weighted by atomic mass is 19.1. The van der Waals surface area contributed by atoms with Gasteiger partial charge in [0.25, 0.3) is 5.91 Å². The summed E-state index contributed by atoms with van der Waals surface area (Å²) >= 11 is 0. The van der Waals surface area contributed by atoms with Gasteiger partial charge in [0, 0.05) is 53.0 Å². The summed E-state index contributed by atoms with van der Waals surface area (Å²) < 4.78 is 17.7. The van der Waals surface area contributed by atoms with Gasteiger partial charge in [-0.2, -0.15) is 0 Å². The van der Waals surface area contributed by atoms with Crippen LogP contribution in [0.3, 0.4) is 0 Å². The Hall–Kier alpha value is -4.06. The number of nitrogen functional groups attached to an aromatic ring is 1. The number of carbonyl (C=O) groups is 1. The van der Waals surface area contributed by atoms with Gasteiger partial charge in [-0.25, -0.2) is 4.39 Å². The highest BCUT2D eigenvalue weighted by Gasteiger charge is 2.17. The summed E-state index contributed by atoms with van der Waals surface area (Å²) in [5, 5.41) is 4.91. The third kappa shape index (κ3) is 3.53. The van der Waals surface area contributed by atoms with E-state index in [4.69, 9.17) is 5.73 Å². The monoisotopic (exact) mass is 412 g/mol. The molecule has 0 unspecified atom stereocenters. The number of anilines is 2. The number of fused-ring (bicyclic) bond motifs is 2. The second-order valence-corrected chi connectivity index (χ2v) is 7.72. The molecule has 1 amide bonds. The minimum atomic E-state index is -0.305. The number of nitrogens with zero attached hydrogens (tertiary/aromatic N) is 2. The second-order valence-electron chi connectivity index (χ2n) is 7.72. The van der Waals surface area contributed by atoms with Crippen molar-refractivity contribution in [3.63, 3.8) is 0 Å². The van der Waals surface area contributed by atoms with E-state index in [9.17, 15) is 9.18 Å². The molecule has 3 N–H and O–H groups in total. The Morgan fingerprint density at radius 2 is 1.81 bits per heavy atom. The van der Waals surface area contributed by atoms with Crippen LogP contribution in [-0.4, -0.2) is 15.0 Å². The van der Waals surface area contributed by atoms with Crippen molar-refractivity contribution < 1.29 is 9.18 Å². The summed E-state index contributed by atoms with van der Waals surface area (Å²) in [4.78, 5) is 13.2. The first-order valence-electron chi connectivity index (χ1n) is 9.97. The Balaban J connectivity index is 1.54. The standard InChI is InChI=1S/C25H21FN4O/c1-29-10-9-17-13-21(6-8-22(17)29)28-25(31)24-14-18-12-20(27)5-7-23(18)30(24)15-16-3-2-4-19(26)11-16/h2-14H,15,27H2,1H3,(H,28,31). The number of halogens is 1. The van der Waals surface area contributed by atoms with Crippen molar-refractivity contribution in [2.24, 2.45) is 7.05 Å². The lowest BCUT2D eigenvalue weighted by Gasteiger charge is -2.12. The number of hydrogen-bond acceptors (Lipinski definition) is 2. The molecule has 0 fully saturated rings. The molecule has 5 aromatic rings. The fourth-order valence-electron chi connectivity index (χ4n) is 4.02. The number of nitrogens with two attached hydrogens (primary N) is 1. The van der Waals surface area contributed by atoms with Crippen molar-refractivity contribution in [1.29, 1.82) is 0 Å². The third-order valence-electron chi connectivity index (χ3n) is 5.53. The molecule has 0 bridgehead atoms. The SMILES string of the molecule is Cn1ccc2cc(NC(=O)c3cc4cc(N)ccc4n3Cc3cccc(F)c3)ccc21. The van der Waals surface area contributed by atoms with Crippen molar-refractivity contribution in [2.45, 2.75) is 6.54 Å². The van der Waals surface area contributed by atoms with E-state index in [0.29, 0.717) is 23.6 Å². The largest absolute Gasteiger partial charge is 0.399 e. The minimum absolute atomic E-state index is 0.235. The lowest BCUT2D eigenvalue weighted by Crippen LogP contribution is -2.17. The number of rotatable bonds is 4. The molecule has 0 aliphatic carbocycles. The molecule has 0 aliphatic rings. The van der Waals surface area contributed by atoms with E-state index < -0.39 is 0 Å². The molecule has 0 spiro atoms. The molecule has 154 valence electrons. The molecular formula is C25H21FN4O. The topological polar surface area (TPSA) is 65.0 Å². The molecule has 0 atom stereocenters. The van der Waals surface area contributed by atoms with Crippen LogP contribution in [-0.2, 0) is 13.6 Å². The number of benzene rings is 3. The van der Waals surface area contributed by atoms with Crippen LogP contribution in [0.1, 0.15) is 16.1 Å². The van der Waals surface area contributed by atoms with E-state index in [1.807, 2.05) is 70.9 Å². The summed E-state index contributed by atoms with van der Waals surface area (Å²) in [6.45, 7) is 0.367. The normalized spacial score (nSPS) is 11.3. The first kappa shape index (κ1) is 18.9. The Morgan fingerprint density at radius 3 is 2.65 bits per heavy atom. The van der Waals surface area contributed by atoms with Crippen molar-refractivity contribution in [2.75, 3.05) is 11.1 Å². The van der Waals surface area contributed by atoms with Crippen molar-refractivity contribution >= 4 is 39.1 Å². The second kappa shape index (κ2) is 7.32. The Kier molecular flexibility index (Phi) is 4.47. The van der Waals surface area contributed by atoms with E-state index >= 15 is 0 Å². The first-order chi connectivity index (χ1) is 15.0. The molecule has 2 aromatic heterocycles. The minimum Gasteiger partial charge on any atom is -0.399 e. The number of hydrogen-bond donors (Lipinski definition) is 2. The molecule has 31 heavy (non-hydrogen) atoms. The van der Waals surface area contributed by atoms with E-state index in [1.54, 1.807) is 12.1 Å². The maximum atomic E-state index is 13.7. The zero-order valence-electron chi connectivity index (χ0n) is 17.0. The van der Waals surface area contributed by atoms with Gasteiger partial charge in [-0.1, -0.05) is 12.1 Å². The fraction of sp³-hybridized carbons (Fsp3) is 0.0800. The number of aromatic nitrogens is 2. The van der Waals surface area contributed by atoms with Crippen LogP contribution in [0.4, 0.5) is 15.8 Å². The van der Waals surface area contributed by atoms with Gasteiger partial charge in [0.2, 0.25) is 0 Å². The van der Waals surface area contributed by atoms with Gasteiger partial charge in [-0.15, -0.1) is 0 Å². The van der Waals surface area contributed by atoms with Gasteiger partial charge < -0.3 is 20.2 Å². The van der Waals surface area contributed by atoms with Crippen LogP contribution in [0, 0.1) is 5.82 Å². The number of aryl methyl sites for hydroxylation is 1. The number of nitrogens with one attached hydrogen (secondary N) is 1. The molecule has 0 saturated heterocycles. The molecule has 6 heteroatoms. The molecule has 5 nitrogen and oxygen atoms in total. The molecule has 3 aromatic carbocycles. The van der Waals surface area contributed by atoms with Crippen LogP contribution >= 0.6 is 0 Å². The van der Waals surface area contributed by atoms with E-state index in [1.165, 1.54) is 12.1 Å². The highest BCUT2D eigenvalue weighted by molar-refractivity contribution is 6.07. The van der Waals surface area contributed by atoms with Gasteiger partial charge in [0.1, 0.15) is 11.5 Å². The first-order valence-corrected chi connectivity index (χ1v) is 9.97. The van der Waals surface area contributed by atoms with Gasteiger partial charge >= 0.3 is 0 Å². The maximum Gasteiger partial charge on any atom is 0.272 e. The Morgan fingerprint density at radius 1 is 0.968 bits per heavy atom. The quantitative estimate of drug-likeness (QED) is 0.401. The maximum absolute atomic E-state index is 13.7. The van der Waals surface area contributed by atoms with E-state index in [2.05, 4.69) is 5.32 Å². The van der Waals surface area contributed by atoms with E-state index in [0.717, 1.165) is 27.4 Å². The summed E-state index contributed by atoms with van der Waals surface area (Å²) in [6.07, 6.45) is 1.98. The van der Waals surface area contributed by atoms with Gasteiger partial charge in [0.05, 0.1) is 0 Å². The number of amides is 1. The molecule has 0 aliphatic heterocycles. The van der Waals surface area contributed by atoms with Crippen LogP contribution in [0.25, 0.3) is 21.8 Å². The molecule has 2 heterocycles. The zero-order chi connectivity index (χ0) is 21.5. The highest BCUT2D eigenvalue weighted by Crippen LogP contribution is 2.26. The van der Waals surface area contributed by atoms with Crippen molar-refractivity contribution in [3.05, 3.63) is 96.1 Å². The van der Waals surface area contributed by atoms with Crippen LogP contribution in [0.5, 0.6) is 0 Å². The lowest BCUT2D eigenvalue weighted by atomic mass is 10.2. The summed E-state index contributed by atoms with van der Waals surface area (Å²) in [7, 11) is 1.98. The fourth-order valence-corrected chi connectivity index (χ4v) is 4.02. The van der Waals surface area contributed by atoms with Gasteiger partial charge in [0.15, 0.2) is 0 Å². The van der Waals surface area contributed by atoms with Crippen molar-refractivity contribution in [1.82, 2.24) is 9.13 Å².